The van der Waals surface area contributed by atoms with Gasteiger partial charge in [-0.15, -0.1) is 0 Å². The minimum atomic E-state index is -3.85. The molecule has 0 bridgehead atoms. The van der Waals surface area contributed by atoms with Crippen LogP contribution in [-0.2, 0) is 20.0 Å². The third kappa shape index (κ3) is 4.63. The van der Waals surface area contributed by atoms with E-state index in [-0.39, 0.29) is 16.6 Å². The maximum Gasteiger partial charge on any atom is 0.240 e. The molecule has 0 aliphatic carbocycles. The molecule has 10 heteroatoms. The third-order valence-electron chi connectivity index (χ3n) is 3.16. The summed E-state index contributed by atoms with van der Waals surface area (Å²) < 4.78 is 64.9. The highest BCUT2D eigenvalue weighted by Gasteiger charge is 2.22. The van der Waals surface area contributed by atoms with Crippen LogP contribution in [0, 0.1) is 5.82 Å². The smallest absolute Gasteiger partial charge is 0.240 e. The van der Waals surface area contributed by atoms with Gasteiger partial charge in [0.05, 0.1) is 16.8 Å². The molecular formula is C12H18FN3O4S2. The van der Waals surface area contributed by atoms with Gasteiger partial charge in [-0.25, -0.2) is 25.9 Å². The molecule has 3 N–H and O–H groups in total. The first kappa shape index (κ1) is 17.1. The number of nitrogens with one attached hydrogen (secondary N) is 3. The summed E-state index contributed by atoms with van der Waals surface area (Å²) in [6.45, 7) is 1.37. The van der Waals surface area contributed by atoms with Crippen LogP contribution in [-0.4, -0.2) is 42.2 Å². The van der Waals surface area contributed by atoms with Crippen molar-refractivity contribution in [2.24, 2.45) is 0 Å². The lowest BCUT2D eigenvalue weighted by atomic mass is 10.1. The molecule has 1 atom stereocenters. The van der Waals surface area contributed by atoms with Gasteiger partial charge >= 0.3 is 0 Å². The predicted octanol–water partition coefficient (Wildman–Crippen LogP) is 0.227. The van der Waals surface area contributed by atoms with Crippen molar-refractivity contribution >= 4 is 25.7 Å². The Balaban J connectivity index is 2.19. The Bertz CT molecular complexity index is 744. The number of hydrogen-bond donors (Lipinski definition) is 3. The molecule has 1 aromatic rings. The van der Waals surface area contributed by atoms with Gasteiger partial charge in [0.1, 0.15) is 5.82 Å². The van der Waals surface area contributed by atoms with E-state index in [9.17, 15) is 21.2 Å². The average molecular weight is 351 g/mol. The Morgan fingerprint density at radius 2 is 2.00 bits per heavy atom. The molecule has 1 heterocycles. The van der Waals surface area contributed by atoms with E-state index in [1.165, 1.54) is 0 Å². The zero-order valence-electron chi connectivity index (χ0n) is 12.0. The molecule has 1 fully saturated rings. The van der Waals surface area contributed by atoms with Crippen molar-refractivity contribution in [2.45, 2.75) is 23.8 Å². The van der Waals surface area contributed by atoms with Gasteiger partial charge in [0.15, 0.2) is 0 Å². The average Bonchev–Trinajstić information content (AvgIpc) is 2.40. The topological polar surface area (TPSA) is 104 Å². The molecule has 2 rings (SSSR count). The summed E-state index contributed by atoms with van der Waals surface area (Å²) in [5.74, 6) is -0.949. The van der Waals surface area contributed by atoms with Gasteiger partial charge < -0.3 is 5.32 Å². The van der Waals surface area contributed by atoms with E-state index in [4.69, 9.17) is 0 Å². The van der Waals surface area contributed by atoms with Crippen molar-refractivity contribution in [3.63, 3.8) is 0 Å². The zero-order chi connectivity index (χ0) is 16.4. The van der Waals surface area contributed by atoms with E-state index in [2.05, 4.69) is 10.0 Å². The molecule has 0 spiro atoms. The van der Waals surface area contributed by atoms with Crippen LogP contribution in [0.2, 0.25) is 0 Å². The summed E-state index contributed by atoms with van der Waals surface area (Å²) >= 11 is 0. The van der Waals surface area contributed by atoms with E-state index < -0.39 is 25.9 Å². The van der Waals surface area contributed by atoms with Gasteiger partial charge in [-0.05, 0) is 37.6 Å². The van der Waals surface area contributed by atoms with Crippen LogP contribution in [0.5, 0.6) is 0 Å². The van der Waals surface area contributed by atoms with Crippen LogP contribution < -0.4 is 14.8 Å². The fourth-order valence-corrected chi connectivity index (χ4v) is 4.03. The largest absolute Gasteiger partial charge is 0.315 e. The first-order valence-electron chi connectivity index (χ1n) is 6.68. The molecule has 1 saturated heterocycles. The second kappa shape index (κ2) is 6.49. The minimum Gasteiger partial charge on any atom is -0.315 e. The highest BCUT2D eigenvalue weighted by Crippen LogP contribution is 2.20. The number of benzene rings is 1. The second-order valence-electron chi connectivity index (χ2n) is 5.18. The summed E-state index contributed by atoms with van der Waals surface area (Å²) in [5.41, 5.74) is -0.291. The van der Waals surface area contributed by atoms with Crippen molar-refractivity contribution in [1.82, 2.24) is 10.0 Å². The quantitative estimate of drug-likeness (QED) is 0.704. The maximum atomic E-state index is 13.9. The molecule has 1 unspecified atom stereocenters. The summed E-state index contributed by atoms with van der Waals surface area (Å²) in [4.78, 5) is -0.241. The number of sulfonamides is 2. The molecule has 7 nitrogen and oxygen atoms in total. The van der Waals surface area contributed by atoms with Crippen LogP contribution in [0.1, 0.15) is 12.8 Å². The van der Waals surface area contributed by atoms with E-state index >= 15 is 0 Å². The molecule has 0 saturated carbocycles. The fraction of sp³-hybridized carbons (Fsp3) is 0.500. The zero-order valence-corrected chi connectivity index (χ0v) is 13.6. The third-order valence-corrected chi connectivity index (χ3v) is 5.27. The Morgan fingerprint density at radius 3 is 2.55 bits per heavy atom. The lowest BCUT2D eigenvalue weighted by Gasteiger charge is -2.23. The van der Waals surface area contributed by atoms with E-state index in [0.29, 0.717) is 13.0 Å². The SMILES string of the molecule is CS(=O)(=O)Nc1ccc(S(=O)(=O)NC2CCCNC2)cc1F. The Kier molecular flexibility index (Phi) is 5.05. The van der Waals surface area contributed by atoms with Gasteiger partial charge in [-0.2, -0.15) is 0 Å². The molecule has 0 radical (unpaired) electrons. The fourth-order valence-electron chi connectivity index (χ4n) is 2.19. The lowest BCUT2D eigenvalue weighted by molar-refractivity contribution is 0.428. The van der Waals surface area contributed by atoms with Crippen LogP contribution in [0.4, 0.5) is 10.1 Å². The Labute approximate surface area is 129 Å². The molecule has 22 heavy (non-hydrogen) atoms. The minimum absolute atomic E-state index is 0.240. The molecule has 0 aromatic heterocycles. The van der Waals surface area contributed by atoms with E-state index in [1.807, 2.05) is 4.72 Å². The standard InChI is InChI=1S/C12H18FN3O4S2/c1-21(17,18)16-12-5-4-10(7-11(12)13)22(19,20)15-9-3-2-6-14-8-9/h4-5,7,9,14-16H,2-3,6,8H2,1H3. The molecule has 1 aromatic carbocycles. The first-order valence-corrected chi connectivity index (χ1v) is 10.1. The number of rotatable bonds is 5. The highest BCUT2D eigenvalue weighted by molar-refractivity contribution is 7.92. The number of piperidine rings is 1. The van der Waals surface area contributed by atoms with Crippen molar-refractivity contribution < 1.29 is 21.2 Å². The van der Waals surface area contributed by atoms with E-state index in [0.717, 1.165) is 37.4 Å². The van der Waals surface area contributed by atoms with Crippen LogP contribution in [0.25, 0.3) is 0 Å². The Hall–Kier alpha value is -1.23. The van der Waals surface area contributed by atoms with Crippen molar-refractivity contribution in [3.05, 3.63) is 24.0 Å². The van der Waals surface area contributed by atoms with Crippen LogP contribution in [0.15, 0.2) is 23.1 Å². The molecule has 0 amide bonds. The lowest BCUT2D eigenvalue weighted by Crippen LogP contribution is -2.45. The molecule has 1 aliphatic rings. The van der Waals surface area contributed by atoms with Crippen molar-refractivity contribution in [1.29, 1.82) is 0 Å². The molecule has 124 valence electrons. The summed E-state index contributed by atoms with van der Waals surface area (Å²) in [7, 11) is -7.48. The maximum absolute atomic E-state index is 13.9. The summed E-state index contributed by atoms with van der Waals surface area (Å²) in [6, 6.07) is 2.81. The van der Waals surface area contributed by atoms with Crippen molar-refractivity contribution in [3.8, 4) is 0 Å². The Morgan fingerprint density at radius 1 is 1.27 bits per heavy atom. The highest BCUT2D eigenvalue weighted by atomic mass is 32.2. The van der Waals surface area contributed by atoms with Gasteiger partial charge in [0.25, 0.3) is 0 Å². The normalized spacial score (nSPS) is 19.8. The van der Waals surface area contributed by atoms with Crippen molar-refractivity contribution in [2.75, 3.05) is 24.1 Å². The first-order chi connectivity index (χ1) is 10.2. The summed E-state index contributed by atoms with van der Waals surface area (Å²) in [6.07, 6.45) is 2.45. The predicted molar refractivity (Wildman–Crippen MR) is 81.1 cm³/mol. The van der Waals surface area contributed by atoms with Gasteiger partial charge in [-0.1, -0.05) is 0 Å². The van der Waals surface area contributed by atoms with Crippen LogP contribution in [0.3, 0.4) is 0 Å². The van der Waals surface area contributed by atoms with Gasteiger partial charge in [0.2, 0.25) is 20.0 Å². The number of halogens is 1. The molecule has 1 aliphatic heterocycles. The second-order valence-corrected chi connectivity index (χ2v) is 8.64. The van der Waals surface area contributed by atoms with Crippen LogP contribution >= 0.6 is 0 Å². The summed E-state index contributed by atoms with van der Waals surface area (Å²) in [5, 5.41) is 3.08. The van der Waals surface area contributed by atoms with Gasteiger partial charge in [-0.3, -0.25) is 4.72 Å². The molecular weight excluding hydrogens is 333 g/mol. The van der Waals surface area contributed by atoms with E-state index in [1.54, 1.807) is 0 Å². The van der Waals surface area contributed by atoms with Gasteiger partial charge in [0, 0.05) is 12.6 Å². The number of anilines is 1. The monoisotopic (exact) mass is 351 g/mol. The number of hydrogen-bond acceptors (Lipinski definition) is 5.